The van der Waals surface area contributed by atoms with Crippen LogP contribution in [0.25, 0.3) is 0 Å². The van der Waals surface area contributed by atoms with Gasteiger partial charge in [-0.2, -0.15) is 0 Å². The van der Waals surface area contributed by atoms with Gasteiger partial charge in [0.1, 0.15) is 18.5 Å². The molecule has 0 aromatic heterocycles. The number of hydrogen-bond acceptors (Lipinski definition) is 4. The zero-order valence-electron chi connectivity index (χ0n) is 5.36. The first-order valence-corrected chi connectivity index (χ1v) is 3.24. The van der Waals surface area contributed by atoms with Crippen LogP contribution in [0.15, 0.2) is 0 Å². The van der Waals surface area contributed by atoms with Gasteiger partial charge < -0.3 is 19.0 Å². The van der Waals surface area contributed by atoms with Gasteiger partial charge in [0.2, 0.25) is 0 Å². The highest BCUT2D eigenvalue weighted by Gasteiger charge is 2.40. The minimum Gasteiger partial charge on any atom is -0.347 e. The zero-order chi connectivity index (χ0) is 6.97. The van der Waals surface area contributed by atoms with E-state index in [-0.39, 0.29) is 18.5 Å². The summed E-state index contributed by atoms with van der Waals surface area (Å²) in [6, 6.07) is 0. The third-order valence-corrected chi connectivity index (χ3v) is 1.74. The second-order valence-electron chi connectivity index (χ2n) is 2.40. The van der Waals surface area contributed by atoms with E-state index < -0.39 is 0 Å². The van der Waals surface area contributed by atoms with Crippen LogP contribution in [0.1, 0.15) is 6.42 Å². The molecule has 0 radical (unpaired) electrons. The van der Waals surface area contributed by atoms with E-state index in [1.165, 1.54) is 0 Å². The third kappa shape index (κ3) is 0.847. The van der Waals surface area contributed by atoms with Crippen LogP contribution >= 0.6 is 0 Å². The van der Waals surface area contributed by atoms with E-state index in [9.17, 15) is 4.79 Å². The first kappa shape index (κ1) is 6.27. The minimum absolute atomic E-state index is 0.0183. The summed E-state index contributed by atoms with van der Waals surface area (Å²) in [5.74, 6) is 0. The first-order valence-electron chi connectivity index (χ1n) is 3.24. The second-order valence-corrected chi connectivity index (χ2v) is 2.40. The highest BCUT2D eigenvalue weighted by Crippen LogP contribution is 2.27. The monoisotopic (exact) mass is 144 g/mol. The molecule has 2 rings (SSSR count). The van der Waals surface area contributed by atoms with Crippen molar-refractivity contribution in [2.45, 2.75) is 24.9 Å². The van der Waals surface area contributed by atoms with Gasteiger partial charge in [-0.05, 0) is 0 Å². The summed E-state index contributed by atoms with van der Waals surface area (Å²) in [5.41, 5.74) is 0. The van der Waals surface area contributed by atoms with Gasteiger partial charge in [-0.25, -0.2) is 0 Å². The molecule has 2 fully saturated rings. The Bertz CT molecular complexity index is 135. The van der Waals surface area contributed by atoms with Crippen molar-refractivity contribution in [1.29, 1.82) is 0 Å². The van der Waals surface area contributed by atoms with Crippen molar-refractivity contribution in [2.75, 3.05) is 6.79 Å². The molecule has 4 nitrogen and oxygen atoms in total. The van der Waals surface area contributed by atoms with Gasteiger partial charge in [-0.3, -0.25) is 0 Å². The van der Waals surface area contributed by atoms with Crippen LogP contribution < -0.4 is 0 Å². The Kier molecular flexibility index (Phi) is 1.44. The minimum atomic E-state index is -0.324. The fourth-order valence-corrected chi connectivity index (χ4v) is 1.23. The maximum Gasteiger partial charge on any atom is 0.187 e. The summed E-state index contributed by atoms with van der Waals surface area (Å²) in [5, 5.41) is 0. The van der Waals surface area contributed by atoms with Gasteiger partial charge in [0, 0.05) is 6.42 Å². The van der Waals surface area contributed by atoms with Crippen LogP contribution in [0.4, 0.5) is 0 Å². The van der Waals surface area contributed by atoms with Crippen LogP contribution in [0, 0.1) is 0 Å². The van der Waals surface area contributed by atoms with Gasteiger partial charge in [-0.1, -0.05) is 0 Å². The van der Waals surface area contributed by atoms with E-state index in [1.807, 2.05) is 0 Å². The predicted octanol–water partition coefficient (Wildman–Crippen LogP) is -0.327. The van der Waals surface area contributed by atoms with Crippen molar-refractivity contribution in [1.82, 2.24) is 0 Å². The average molecular weight is 144 g/mol. The largest absolute Gasteiger partial charge is 0.347 e. The SMILES string of the molecule is O=CC1CC2OCOC2O1. The summed E-state index contributed by atoms with van der Waals surface area (Å²) in [4.78, 5) is 10.2. The van der Waals surface area contributed by atoms with E-state index in [2.05, 4.69) is 0 Å². The smallest absolute Gasteiger partial charge is 0.187 e. The molecule has 2 saturated heterocycles. The van der Waals surface area contributed by atoms with Crippen molar-refractivity contribution >= 4 is 6.29 Å². The molecule has 0 bridgehead atoms. The molecular weight excluding hydrogens is 136 g/mol. The van der Waals surface area contributed by atoms with Gasteiger partial charge in [0.05, 0.1) is 0 Å². The lowest BCUT2D eigenvalue weighted by molar-refractivity contribution is -0.137. The van der Waals surface area contributed by atoms with Crippen LogP contribution in [-0.2, 0) is 19.0 Å². The maximum atomic E-state index is 10.2. The molecule has 56 valence electrons. The Labute approximate surface area is 58.1 Å². The third-order valence-electron chi connectivity index (χ3n) is 1.74. The molecule has 0 amide bonds. The van der Waals surface area contributed by atoms with Gasteiger partial charge in [0.25, 0.3) is 0 Å². The maximum absolute atomic E-state index is 10.2. The van der Waals surface area contributed by atoms with E-state index in [0.29, 0.717) is 13.2 Å². The number of aldehydes is 1. The predicted molar refractivity (Wildman–Crippen MR) is 30.2 cm³/mol. The standard InChI is InChI=1S/C6H8O4/c7-2-4-1-5-6(10-4)9-3-8-5/h2,4-6H,1,3H2. The number of rotatable bonds is 1. The topological polar surface area (TPSA) is 44.8 Å². The van der Waals surface area contributed by atoms with E-state index in [1.54, 1.807) is 0 Å². The molecule has 2 aliphatic heterocycles. The lowest BCUT2D eigenvalue weighted by atomic mass is 10.2. The molecule has 0 aliphatic carbocycles. The summed E-state index contributed by atoms with van der Waals surface area (Å²) in [6.07, 6.45) is 0.778. The lowest BCUT2D eigenvalue weighted by Gasteiger charge is -2.03. The molecule has 3 unspecified atom stereocenters. The Morgan fingerprint density at radius 1 is 1.40 bits per heavy atom. The van der Waals surface area contributed by atoms with E-state index in [0.717, 1.165) is 6.29 Å². The summed E-state index contributed by atoms with van der Waals surface area (Å²) in [7, 11) is 0. The van der Waals surface area contributed by atoms with Crippen LogP contribution in [-0.4, -0.2) is 31.6 Å². The van der Waals surface area contributed by atoms with Crippen molar-refractivity contribution in [3.63, 3.8) is 0 Å². The van der Waals surface area contributed by atoms with Crippen LogP contribution in [0.2, 0.25) is 0 Å². The van der Waals surface area contributed by atoms with Crippen molar-refractivity contribution in [3.8, 4) is 0 Å². The molecule has 0 N–H and O–H groups in total. The van der Waals surface area contributed by atoms with Gasteiger partial charge >= 0.3 is 0 Å². The second kappa shape index (κ2) is 2.30. The average Bonchev–Trinajstić information content (AvgIpc) is 2.42. The molecule has 3 atom stereocenters. The van der Waals surface area contributed by atoms with Gasteiger partial charge in [0.15, 0.2) is 13.1 Å². The first-order chi connectivity index (χ1) is 4.90. The molecule has 0 spiro atoms. The van der Waals surface area contributed by atoms with Crippen molar-refractivity contribution in [3.05, 3.63) is 0 Å². The molecule has 0 aromatic rings. The Morgan fingerprint density at radius 3 is 3.00 bits per heavy atom. The molecular formula is C6H8O4. The highest BCUT2D eigenvalue weighted by atomic mass is 16.8. The fourth-order valence-electron chi connectivity index (χ4n) is 1.23. The quantitative estimate of drug-likeness (QED) is 0.473. The Balaban J connectivity index is 1.99. The molecule has 2 heterocycles. The molecule has 0 aromatic carbocycles. The van der Waals surface area contributed by atoms with Gasteiger partial charge in [-0.15, -0.1) is 0 Å². The number of hydrogen-bond donors (Lipinski definition) is 0. The molecule has 0 saturated carbocycles. The molecule has 10 heavy (non-hydrogen) atoms. The normalized spacial score (nSPS) is 45.4. The number of fused-ring (bicyclic) bond motifs is 1. The van der Waals surface area contributed by atoms with Crippen molar-refractivity contribution in [2.24, 2.45) is 0 Å². The summed E-state index contributed by atoms with van der Waals surface area (Å²) >= 11 is 0. The van der Waals surface area contributed by atoms with E-state index in [4.69, 9.17) is 14.2 Å². The highest BCUT2D eigenvalue weighted by molar-refractivity contribution is 5.56. The number of ether oxygens (including phenoxy) is 3. The zero-order valence-corrected chi connectivity index (χ0v) is 5.36. The number of carbonyl (C=O) groups is 1. The van der Waals surface area contributed by atoms with Crippen LogP contribution in [0.5, 0.6) is 0 Å². The molecule has 2 aliphatic rings. The number of carbonyl (C=O) groups excluding carboxylic acids is 1. The summed E-state index contributed by atoms with van der Waals surface area (Å²) < 4.78 is 15.2. The lowest BCUT2D eigenvalue weighted by Crippen LogP contribution is -2.15. The molecule has 4 heteroatoms. The fraction of sp³-hybridized carbons (Fsp3) is 0.833. The van der Waals surface area contributed by atoms with Crippen LogP contribution in [0.3, 0.4) is 0 Å². The Morgan fingerprint density at radius 2 is 2.30 bits per heavy atom. The Hall–Kier alpha value is -0.450. The summed E-state index contributed by atoms with van der Waals surface area (Å²) in [6.45, 7) is 0.293. The van der Waals surface area contributed by atoms with Crippen molar-refractivity contribution < 1.29 is 19.0 Å². The van der Waals surface area contributed by atoms with E-state index >= 15 is 0 Å².